The standard InChI is InChI=1S/C16H27IO2/c1-13-7-3-5-9-15(13)10-6-4-8-14(2)16(18)19-12-11-17/h14H,3-12H2,1-2H3. The fourth-order valence-corrected chi connectivity index (χ4v) is 2.87. The Morgan fingerprint density at radius 2 is 2.05 bits per heavy atom. The van der Waals surface area contributed by atoms with Crippen LogP contribution in [0.1, 0.15) is 65.2 Å². The molecule has 110 valence electrons. The van der Waals surface area contributed by atoms with Gasteiger partial charge in [0.2, 0.25) is 0 Å². The van der Waals surface area contributed by atoms with Crippen LogP contribution in [0.15, 0.2) is 11.1 Å². The molecule has 0 radical (unpaired) electrons. The molecule has 0 amide bonds. The van der Waals surface area contributed by atoms with E-state index in [9.17, 15) is 4.79 Å². The Morgan fingerprint density at radius 3 is 2.74 bits per heavy atom. The third-order valence-corrected chi connectivity index (χ3v) is 4.41. The van der Waals surface area contributed by atoms with Crippen molar-refractivity contribution in [1.29, 1.82) is 0 Å². The fourth-order valence-electron chi connectivity index (χ4n) is 2.65. The Bertz CT molecular complexity index is 310. The molecular weight excluding hydrogens is 351 g/mol. The van der Waals surface area contributed by atoms with Gasteiger partial charge in [-0.05, 0) is 51.9 Å². The van der Waals surface area contributed by atoms with E-state index in [2.05, 4.69) is 29.5 Å². The first kappa shape index (κ1) is 17.0. The van der Waals surface area contributed by atoms with Crippen LogP contribution in [0.4, 0.5) is 0 Å². The molecule has 0 saturated carbocycles. The van der Waals surface area contributed by atoms with Gasteiger partial charge < -0.3 is 4.74 Å². The van der Waals surface area contributed by atoms with Crippen molar-refractivity contribution in [3.63, 3.8) is 0 Å². The summed E-state index contributed by atoms with van der Waals surface area (Å²) < 4.78 is 6.04. The predicted molar refractivity (Wildman–Crippen MR) is 88.6 cm³/mol. The van der Waals surface area contributed by atoms with Crippen molar-refractivity contribution in [2.75, 3.05) is 11.0 Å². The van der Waals surface area contributed by atoms with E-state index in [1.165, 1.54) is 38.5 Å². The molecule has 0 aromatic carbocycles. The van der Waals surface area contributed by atoms with Crippen LogP contribution in [0.2, 0.25) is 0 Å². The lowest BCUT2D eigenvalue weighted by Crippen LogP contribution is -2.15. The lowest BCUT2D eigenvalue weighted by atomic mass is 9.89. The first-order chi connectivity index (χ1) is 9.15. The highest BCUT2D eigenvalue weighted by molar-refractivity contribution is 14.1. The van der Waals surface area contributed by atoms with Crippen molar-refractivity contribution < 1.29 is 9.53 Å². The number of ether oxygens (including phenoxy) is 1. The third-order valence-electron chi connectivity index (χ3n) is 3.97. The summed E-state index contributed by atoms with van der Waals surface area (Å²) in [6, 6.07) is 0. The summed E-state index contributed by atoms with van der Waals surface area (Å²) in [7, 11) is 0. The summed E-state index contributed by atoms with van der Waals surface area (Å²) in [5.41, 5.74) is 3.31. The van der Waals surface area contributed by atoms with Crippen LogP contribution in [-0.4, -0.2) is 17.0 Å². The Hall–Kier alpha value is -0.0600. The first-order valence-electron chi connectivity index (χ1n) is 7.55. The molecule has 0 aliphatic heterocycles. The molecule has 0 aromatic heterocycles. The SMILES string of the molecule is CC1=C(CCCCC(C)C(=O)OCCI)CCCC1. The Balaban J connectivity index is 2.14. The Labute approximate surface area is 131 Å². The molecule has 0 spiro atoms. The zero-order valence-electron chi connectivity index (χ0n) is 12.3. The maximum Gasteiger partial charge on any atom is 0.308 e. The average Bonchev–Trinajstić information content (AvgIpc) is 2.42. The van der Waals surface area contributed by atoms with E-state index in [1.54, 1.807) is 11.1 Å². The van der Waals surface area contributed by atoms with E-state index in [1.807, 2.05) is 6.92 Å². The second kappa shape index (κ2) is 9.78. The lowest BCUT2D eigenvalue weighted by molar-refractivity contribution is -0.147. The van der Waals surface area contributed by atoms with Crippen molar-refractivity contribution >= 4 is 28.6 Å². The van der Waals surface area contributed by atoms with Gasteiger partial charge in [0, 0.05) is 4.43 Å². The second-order valence-electron chi connectivity index (χ2n) is 5.59. The van der Waals surface area contributed by atoms with Gasteiger partial charge >= 0.3 is 5.97 Å². The van der Waals surface area contributed by atoms with E-state index >= 15 is 0 Å². The predicted octanol–water partition coefficient (Wildman–Crippen LogP) is 5.05. The zero-order chi connectivity index (χ0) is 14.1. The van der Waals surface area contributed by atoms with E-state index in [0.29, 0.717) is 6.61 Å². The van der Waals surface area contributed by atoms with Gasteiger partial charge in [0.05, 0.1) is 5.92 Å². The quantitative estimate of drug-likeness (QED) is 0.194. The number of allylic oxidation sites excluding steroid dienone is 2. The Kier molecular flexibility index (Phi) is 8.75. The minimum atomic E-state index is -0.0234. The van der Waals surface area contributed by atoms with Crippen molar-refractivity contribution in [2.24, 2.45) is 5.92 Å². The van der Waals surface area contributed by atoms with Crippen molar-refractivity contribution in [3.05, 3.63) is 11.1 Å². The van der Waals surface area contributed by atoms with Gasteiger partial charge in [-0.15, -0.1) is 0 Å². The number of hydrogen-bond donors (Lipinski definition) is 0. The summed E-state index contributed by atoms with van der Waals surface area (Å²) in [4.78, 5) is 11.6. The summed E-state index contributed by atoms with van der Waals surface area (Å²) in [5.74, 6) is 0.0362. The van der Waals surface area contributed by atoms with Gasteiger partial charge in [0.1, 0.15) is 6.61 Å². The minimum Gasteiger partial charge on any atom is -0.465 e. The highest BCUT2D eigenvalue weighted by Crippen LogP contribution is 2.28. The highest BCUT2D eigenvalue weighted by Gasteiger charge is 2.14. The zero-order valence-corrected chi connectivity index (χ0v) is 14.5. The van der Waals surface area contributed by atoms with E-state index < -0.39 is 0 Å². The van der Waals surface area contributed by atoms with Crippen LogP contribution in [0, 0.1) is 5.92 Å². The van der Waals surface area contributed by atoms with Gasteiger partial charge in [0.15, 0.2) is 0 Å². The molecular formula is C16H27IO2. The molecule has 1 aliphatic carbocycles. The molecule has 0 fully saturated rings. The molecule has 0 N–H and O–H groups in total. The number of unbranched alkanes of at least 4 members (excludes halogenated alkanes) is 1. The third kappa shape index (κ3) is 6.77. The number of carbonyl (C=O) groups is 1. The topological polar surface area (TPSA) is 26.3 Å². The smallest absolute Gasteiger partial charge is 0.308 e. The number of esters is 1. The maximum absolute atomic E-state index is 11.6. The monoisotopic (exact) mass is 378 g/mol. The molecule has 2 nitrogen and oxygen atoms in total. The maximum atomic E-state index is 11.6. The minimum absolute atomic E-state index is 0.0234. The molecule has 1 aliphatic rings. The summed E-state index contributed by atoms with van der Waals surface area (Å²) in [6.07, 6.45) is 9.90. The molecule has 19 heavy (non-hydrogen) atoms. The molecule has 1 atom stereocenters. The molecule has 1 unspecified atom stereocenters. The number of alkyl halides is 1. The summed E-state index contributed by atoms with van der Waals surface area (Å²) in [6.45, 7) is 4.83. The van der Waals surface area contributed by atoms with Gasteiger partial charge in [-0.3, -0.25) is 4.79 Å². The van der Waals surface area contributed by atoms with Crippen molar-refractivity contribution in [3.8, 4) is 0 Å². The number of halogens is 1. The normalized spacial score (nSPS) is 17.4. The van der Waals surface area contributed by atoms with Crippen molar-refractivity contribution in [2.45, 2.75) is 65.2 Å². The van der Waals surface area contributed by atoms with Crippen LogP contribution in [-0.2, 0) is 9.53 Å². The van der Waals surface area contributed by atoms with Crippen LogP contribution in [0.25, 0.3) is 0 Å². The number of hydrogen-bond acceptors (Lipinski definition) is 2. The molecule has 1 rings (SSSR count). The van der Waals surface area contributed by atoms with Gasteiger partial charge in [-0.2, -0.15) is 0 Å². The Morgan fingerprint density at radius 1 is 1.32 bits per heavy atom. The van der Waals surface area contributed by atoms with Crippen LogP contribution >= 0.6 is 22.6 Å². The van der Waals surface area contributed by atoms with E-state index in [4.69, 9.17) is 4.74 Å². The van der Waals surface area contributed by atoms with Crippen molar-refractivity contribution in [1.82, 2.24) is 0 Å². The van der Waals surface area contributed by atoms with E-state index in [0.717, 1.165) is 17.3 Å². The number of carbonyl (C=O) groups excluding carboxylic acids is 1. The first-order valence-corrected chi connectivity index (χ1v) is 9.07. The summed E-state index contributed by atoms with van der Waals surface area (Å²) in [5, 5.41) is 0. The lowest BCUT2D eigenvalue weighted by Gasteiger charge is -2.18. The van der Waals surface area contributed by atoms with Crippen LogP contribution < -0.4 is 0 Å². The average molecular weight is 378 g/mol. The van der Waals surface area contributed by atoms with E-state index in [-0.39, 0.29) is 11.9 Å². The summed E-state index contributed by atoms with van der Waals surface area (Å²) >= 11 is 2.22. The van der Waals surface area contributed by atoms with Gasteiger partial charge in [-0.25, -0.2) is 0 Å². The van der Waals surface area contributed by atoms with Gasteiger partial charge in [0.25, 0.3) is 0 Å². The highest BCUT2D eigenvalue weighted by atomic mass is 127. The molecule has 0 heterocycles. The molecule has 0 aromatic rings. The van der Waals surface area contributed by atoms with Crippen LogP contribution in [0.3, 0.4) is 0 Å². The molecule has 3 heteroatoms. The molecule has 0 saturated heterocycles. The van der Waals surface area contributed by atoms with Crippen LogP contribution in [0.5, 0.6) is 0 Å². The fraction of sp³-hybridized carbons (Fsp3) is 0.812. The molecule has 0 bridgehead atoms. The van der Waals surface area contributed by atoms with Gasteiger partial charge in [-0.1, -0.05) is 47.1 Å². The number of rotatable bonds is 8. The largest absolute Gasteiger partial charge is 0.465 e. The second-order valence-corrected chi connectivity index (χ2v) is 6.67.